The van der Waals surface area contributed by atoms with Crippen LogP contribution in [0.25, 0.3) is 0 Å². The summed E-state index contributed by atoms with van der Waals surface area (Å²) in [5, 5.41) is 0. The van der Waals surface area contributed by atoms with Gasteiger partial charge in [0.25, 0.3) is 5.91 Å². The molecule has 0 spiro atoms. The Morgan fingerprint density at radius 3 is 2.16 bits per heavy atom. The van der Waals surface area contributed by atoms with Gasteiger partial charge in [-0.15, -0.1) is 0 Å². The number of nitrogens with two attached hydrogens (primary N) is 1. The number of hydrogen-bond acceptors (Lipinski definition) is 2. The van der Waals surface area contributed by atoms with Gasteiger partial charge in [0.05, 0.1) is 0 Å². The van der Waals surface area contributed by atoms with Gasteiger partial charge in [-0.05, 0) is 38.8 Å². The summed E-state index contributed by atoms with van der Waals surface area (Å²) < 4.78 is 27.3. The normalized spacial score (nSPS) is 22.9. The average molecular weight is 268 g/mol. The zero-order valence-electron chi connectivity index (χ0n) is 11.1. The number of hydrogen-bond donors (Lipinski definition) is 1. The van der Waals surface area contributed by atoms with Gasteiger partial charge in [0.15, 0.2) is 0 Å². The number of halogens is 2. The van der Waals surface area contributed by atoms with Gasteiger partial charge in [-0.2, -0.15) is 0 Å². The van der Waals surface area contributed by atoms with Crippen LogP contribution in [0.1, 0.15) is 42.6 Å². The van der Waals surface area contributed by atoms with E-state index in [0.717, 1.165) is 25.0 Å². The second kappa shape index (κ2) is 5.25. The van der Waals surface area contributed by atoms with E-state index in [-0.39, 0.29) is 35.7 Å². The number of rotatable bonds is 2. The molecule has 1 aliphatic rings. The van der Waals surface area contributed by atoms with Crippen LogP contribution in [0.5, 0.6) is 0 Å². The van der Waals surface area contributed by atoms with Crippen LogP contribution < -0.4 is 5.73 Å². The fraction of sp³-hybridized carbons (Fsp3) is 0.500. The Labute approximate surface area is 111 Å². The van der Waals surface area contributed by atoms with Gasteiger partial charge >= 0.3 is 0 Å². The molecule has 0 bridgehead atoms. The zero-order valence-corrected chi connectivity index (χ0v) is 11.1. The summed E-state index contributed by atoms with van der Waals surface area (Å²) in [5.41, 5.74) is 5.14. The third kappa shape index (κ3) is 2.47. The van der Waals surface area contributed by atoms with E-state index in [4.69, 9.17) is 5.73 Å². The summed E-state index contributed by atoms with van der Waals surface area (Å²) in [4.78, 5) is 14.0. The van der Waals surface area contributed by atoms with E-state index in [1.54, 1.807) is 4.90 Å². The molecule has 2 atom stereocenters. The second-order valence-corrected chi connectivity index (χ2v) is 5.11. The second-order valence-electron chi connectivity index (χ2n) is 5.11. The fourth-order valence-electron chi connectivity index (χ4n) is 2.67. The molecule has 1 aromatic rings. The van der Waals surface area contributed by atoms with Crippen molar-refractivity contribution in [2.45, 2.75) is 45.3 Å². The van der Waals surface area contributed by atoms with Crippen LogP contribution in [0.4, 0.5) is 8.78 Å². The van der Waals surface area contributed by atoms with Crippen LogP contribution in [0.3, 0.4) is 0 Å². The van der Waals surface area contributed by atoms with Crippen LogP contribution >= 0.6 is 0 Å². The fourth-order valence-corrected chi connectivity index (χ4v) is 2.67. The van der Waals surface area contributed by atoms with Crippen LogP contribution in [-0.4, -0.2) is 22.9 Å². The number of benzene rings is 1. The molecule has 1 saturated heterocycles. The van der Waals surface area contributed by atoms with Crippen LogP contribution in [0.2, 0.25) is 0 Å². The zero-order chi connectivity index (χ0) is 14.2. The summed E-state index contributed by atoms with van der Waals surface area (Å²) >= 11 is 0. The molecule has 0 aliphatic carbocycles. The SMILES string of the molecule is CC1CCC(C)N1C(=O)c1cc(F)c(CN)c(F)c1. The van der Waals surface area contributed by atoms with E-state index in [1.165, 1.54) is 0 Å². The summed E-state index contributed by atoms with van der Waals surface area (Å²) in [6.07, 6.45) is 1.83. The molecule has 104 valence electrons. The largest absolute Gasteiger partial charge is 0.333 e. The first-order valence-electron chi connectivity index (χ1n) is 6.46. The minimum absolute atomic E-state index is 0.0489. The van der Waals surface area contributed by atoms with Crippen molar-refractivity contribution in [3.63, 3.8) is 0 Å². The van der Waals surface area contributed by atoms with E-state index >= 15 is 0 Å². The van der Waals surface area contributed by atoms with E-state index in [9.17, 15) is 13.6 Å². The molecule has 1 amide bonds. The van der Waals surface area contributed by atoms with Crippen molar-refractivity contribution in [1.29, 1.82) is 0 Å². The molecule has 0 radical (unpaired) electrons. The number of carbonyl (C=O) groups is 1. The van der Waals surface area contributed by atoms with Crippen molar-refractivity contribution in [3.05, 3.63) is 34.9 Å². The quantitative estimate of drug-likeness (QED) is 0.895. The van der Waals surface area contributed by atoms with Crippen LogP contribution in [0.15, 0.2) is 12.1 Å². The lowest BCUT2D eigenvalue weighted by atomic mass is 10.1. The summed E-state index contributed by atoms with van der Waals surface area (Å²) in [6, 6.07) is 2.35. The maximum Gasteiger partial charge on any atom is 0.254 e. The topological polar surface area (TPSA) is 46.3 Å². The Hall–Kier alpha value is -1.49. The molecule has 3 nitrogen and oxygen atoms in total. The Bertz CT molecular complexity index is 471. The lowest BCUT2D eigenvalue weighted by Gasteiger charge is -2.26. The van der Waals surface area contributed by atoms with Crippen LogP contribution in [-0.2, 0) is 6.54 Å². The summed E-state index contributed by atoms with van der Waals surface area (Å²) in [5.74, 6) is -1.84. The van der Waals surface area contributed by atoms with Gasteiger partial charge in [-0.1, -0.05) is 0 Å². The third-order valence-corrected chi connectivity index (χ3v) is 3.78. The molecule has 1 aliphatic heterocycles. The van der Waals surface area contributed by atoms with Gasteiger partial charge in [-0.25, -0.2) is 8.78 Å². The number of amides is 1. The highest BCUT2D eigenvalue weighted by molar-refractivity contribution is 5.95. The highest BCUT2D eigenvalue weighted by atomic mass is 19.1. The van der Waals surface area contributed by atoms with Crippen molar-refractivity contribution < 1.29 is 13.6 Å². The maximum absolute atomic E-state index is 13.7. The molecule has 1 heterocycles. The van der Waals surface area contributed by atoms with Crippen molar-refractivity contribution in [3.8, 4) is 0 Å². The number of nitrogens with zero attached hydrogens (tertiary/aromatic N) is 1. The van der Waals surface area contributed by atoms with Gasteiger partial charge < -0.3 is 10.6 Å². The van der Waals surface area contributed by atoms with Crippen LogP contribution in [0, 0.1) is 11.6 Å². The Balaban J connectivity index is 2.34. The molecular formula is C14H18F2N2O. The molecule has 2 unspecified atom stereocenters. The van der Waals surface area contributed by atoms with Gasteiger partial charge in [0.2, 0.25) is 0 Å². The molecule has 19 heavy (non-hydrogen) atoms. The minimum atomic E-state index is -0.759. The molecular weight excluding hydrogens is 250 g/mol. The summed E-state index contributed by atoms with van der Waals surface area (Å²) in [6.45, 7) is 3.67. The minimum Gasteiger partial charge on any atom is -0.333 e. The third-order valence-electron chi connectivity index (χ3n) is 3.78. The standard InChI is InChI=1S/C14H18F2N2O/c1-8-3-4-9(2)18(8)14(19)10-5-12(15)11(7-17)13(16)6-10/h5-6,8-9H,3-4,7,17H2,1-2H3. The monoisotopic (exact) mass is 268 g/mol. The molecule has 0 aromatic heterocycles. The summed E-state index contributed by atoms with van der Waals surface area (Å²) in [7, 11) is 0. The molecule has 1 aromatic carbocycles. The Kier molecular flexibility index (Phi) is 3.85. The first-order valence-corrected chi connectivity index (χ1v) is 6.46. The molecule has 2 N–H and O–H groups in total. The highest BCUT2D eigenvalue weighted by Crippen LogP contribution is 2.26. The van der Waals surface area contributed by atoms with Crippen molar-refractivity contribution in [2.75, 3.05) is 0 Å². The van der Waals surface area contributed by atoms with E-state index in [0.29, 0.717) is 0 Å². The smallest absolute Gasteiger partial charge is 0.254 e. The van der Waals surface area contributed by atoms with E-state index in [2.05, 4.69) is 0 Å². The van der Waals surface area contributed by atoms with Crippen molar-refractivity contribution >= 4 is 5.91 Å². The van der Waals surface area contributed by atoms with Crippen molar-refractivity contribution in [2.24, 2.45) is 5.73 Å². The maximum atomic E-state index is 13.7. The van der Waals surface area contributed by atoms with E-state index in [1.807, 2.05) is 13.8 Å². The van der Waals surface area contributed by atoms with Gasteiger partial charge in [0, 0.05) is 29.8 Å². The highest BCUT2D eigenvalue weighted by Gasteiger charge is 2.32. The predicted octanol–water partition coefficient (Wildman–Crippen LogP) is 2.44. The predicted molar refractivity (Wildman–Crippen MR) is 68.6 cm³/mol. The van der Waals surface area contributed by atoms with Crippen molar-refractivity contribution in [1.82, 2.24) is 4.90 Å². The lowest BCUT2D eigenvalue weighted by Crippen LogP contribution is -2.38. The first-order chi connectivity index (χ1) is 8.95. The number of likely N-dealkylation sites (tertiary alicyclic amines) is 1. The Morgan fingerprint density at radius 1 is 1.26 bits per heavy atom. The van der Waals surface area contributed by atoms with Gasteiger partial charge in [0.1, 0.15) is 11.6 Å². The van der Waals surface area contributed by atoms with E-state index < -0.39 is 11.6 Å². The Morgan fingerprint density at radius 2 is 1.74 bits per heavy atom. The average Bonchev–Trinajstić information content (AvgIpc) is 2.68. The number of carbonyl (C=O) groups excluding carboxylic acids is 1. The lowest BCUT2D eigenvalue weighted by molar-refractivity contribution is 0.0691. The first kappa shape index (κ1) is 13.9. The van der Waals surface area contributed by atoms with Gasteiger partial charge in [-0.3, -0.25) is 4.79 Å². The molecule has 2 rings (SSSR count). The molecule has 5 heteroatoms. The molecule has 0 saturated carbocycles. The molecule has 1 fully saturated rings.